The second-order valence-electron chi connectivity index (χ2n) is 6.21. The molecule has 1 aromatic heterocycles. The Hall–Kier alpha value is -2.83. The first-order chi connectivity index (χ1) is 14.3. The van der Waals surface area contributed by atoms with E-state index in [2.05, 4.69) is 21.2 Å². The highest BCUT2D eigenvalue weighted by atomic mass is 79.9. The molecular formula is C21H21BrN2O5S. The molecule has 0 bridgehead atoms. The minimum Gasteiger partial charge on any atom is -0.493 e. The SMILES string of the molecule is CCOc1c(Br)cc(C=C(C#N)C(=O)Nc2sccc2C(=O)OC(C)C)cc1OC. The van der Waals surface area contributed by atoms with E-state index in [0.717, 1.165) is 0 Å². The number of benzene rings is 1. The van der Waals surface area contributed by atoms with Crippen molar-refractivity contribution in [2.75, 3.05) is 19.0 Å². The fraction of sp³-hybridized carbons (Fsp3) is 0.286. The summed E-state index contributed by atoms with van der Waals surface area (Å²) in [6.45, 7) is 5.79. The molecule has 0 saturated carbocycles. The van der Waals surface area contributed by atoms with Gasteiger partial charge in [0.2, 0.25) is 0 Å². The Balaban J connectivity index is 2.29. The van der Waals surface area contributed by atoms with E-state index in [4.69, 9.17) is 14.2 Å². The summed E-state index contributed by atoms with van der Waals surface area (Å²) in [6.07, 6.45) is 1.14. The van der Waals surface area contributed by atoms with E-state index in [1.165, 1.54) is 24.5 Å². The van der Waals surface area contributed by atoms with E-state index in [9.17, 15) is 14.9 Å². The number of nitrogens with one attached hydrogen (secondary N) is 1. The molecule has 7 nitrogen and oxygen atoms in total. The molecule has 0 unspecified atom stereocenters. The van der Waals surface area contributed by atoms with Crippen molar-refractivity contribution in [3.8, 4) is 17.6 Å². The Morgan fingerprint density at radius 3 is 2.70 bits per heavy atom. The molecule has 0 aliphatic heterocycles. The van der Waals surface area contributed by atoms with Crippen molar-refractivity contribution in [1.29, 1.82) is 5.26 Å². The molecule has 0 radical (unpaired) electrons. The average molecular weight is 493 g/mol. The second-order valence-corrected chi connectivity index (χ2v) is 7.98. The molecule has 9 heteroatoms. The normalized spacial score (nSPS) is 11.0. The van der Waals surface area contributed by atoms with Crippen molar-refractivity contribution in [2.24, 2.45) is 0 Å². The molecule has 0 saturated heterocycles. The van der Waals surface area contributed by atoms with E-state index >= 15 is 0 Å². The molecule has 1 amide bonds. The number of thiophene rings is 1. The Labute approximate surface area is 187 Å². The summed E-state index contributed by atoms with van der Waals surface area (Å²) in [5.41, 5.74) is 0.675. The minimum atomic E-state index is -0.637. The number of hydrogen-bond acceptors (Lipinski definition) is 7. The summed E-state index contributed by atoms with van der Waals surface area (Å²) in [7, 11) is 1.50. The van der Waals surface area contributed by atoms with Crippen LogP contribution in [0.2, 0.25) is 0 Å². The fourth-order valence-corrected chi connectivity index (χ4v) is 3.78. The topological polar surface area (TPSA) is 97.7 Å². The van der Waals surface area contributed by atoms with Gasteiger partial charge in [0.25, 0.3) is 5.91 Å². The van der Waals surface area contributed by atoms with Crippen molar-refractivity contribution in [2.45, 2.75) is 26.9 Å². The lowest BCUT2D eigenvalue weighted by molar-refractivity contribution is -0.112. The monoisotopic (exact) mass is 492 g/mol. The Bertz CT molecular complexity index is 1010. The number of ether oxygens (including phenoxy) is 3. The zero-order chi connectivity index (χ0) is 22.3. The van der Waals surface area contributed by atoms with E-state index in [1.807, 2.05) is 13.0 Å². The number of rotatable bonds is 8. The van der Waals surface area contributed by atoms with Gasteiger partial charge in [0, 0.05) is 0 Å². The summed E-state index contributed by atoms with van der Waals surface area (Å²) in [6, 6.07) is 6.84. The number of hydrogen-bond donors (Lipinski definition) is 1. The third-order valence-electron chi connectivity index (χ3n) is 3.67. The van der Waals surface area contributed by atoms with Gasteiger partial charge in [0.15, 0.2) is 11.5 Å². The first-order valence-electron chi connectivity index (χ1n) is 9.02. The quantitative estimate of drug-likeness (QED) is 0.315. The van der Waals surface area contributed by atoms with Crippen LogP contribution in [0.25, 0.3) is 6.08 Å². The van der Waals surface area contributed by atoms with Crippen molar-refractivity contribution in [1.82, 2.24) is 0 Å². The van der Waals surface area contributed by atoms with Crippen LogP contribution in [0.4, 0.5) is 5.00 Å². The van der Waals surface area contributed by atoms with Gasteiger partial charge in [0.1, 0.15) is 16.6 Å². The molecule has 1 aromatic carbocycles. The van der Waals surface area contributed by atoms with Gasteiger partial charge in [-0.2, -0.15) is 5.26 Å². The standard InChI is InChI=1S/C21H21BrN2O5S/c1-5-28-18-16(22)9-13(10-17(18)27-4)8-14(11-23)19(25)24-20-15(6-7-30-20)21(26)29-12(2)3/h6-10,12H,5H2,1-4H3,(H,24,25). The largest absolute Gasteiger partial charge is 0.493 e. The number of anilines is 1. The number of carbonyl (C=O) groups is 2. The maximum absolute atomic E-state index is 12.6. The molecular weight excluding hydrogens is 472 g/mol. The van der Waals surface area contributed by atoms with Crippen LogP contribution < -0.4 is 14.8 Å². The van der Waals surface area contributed by atoms with Crippen molar-refractivity contribution < 1.29 is 23.8 Å². The lowest BCUT2D eigenvalue weighted by Crippen LogP contribution is -2.17. The lowest BCUT2D eigenvalue weighted by atomic mass is 10.1. The summed E-state index contributed by atoms with van der Waals surface area (Å²) in [5.74, 6) is -0.175. The van der Waals surface area contributed by atoms with Crippen LogP contribution in [0.3, 0.4) is 0 Å². The Morgan fingerprint density at radius 2 is 2.10 bits per heavy atom. The summed E-state index contributed by atoms with van der Waals surface area (Å²) in [5, 5.41) is 14.1. The third-order valence-corrected chi connectivity index (χ3v) is 5.09. The second kappa shape index (κ2) is 10.8. The smallest absolute Gasteiger partial charge is 0.341 e. The first kappa shape index (κ1) is 23.4. The van der Waals surface area contributed by atoms with Crippen molar-refractivity contribution >= 4 is 50.2 Å². The molecule has 0 aliphatic rings. The Morgan fingerprint density at radius 1 is 1.37 bits per heavy atom. The molecule has 1 heterocycles. The fourth-order valence-electron chi connectivity index (χ4n) is 2.44. The Kier molecular flexibility index (Phi) is 8.45. The van der Waals surface area contributed by atoms with Crippen LogP contribution in [-0.2, 0) is 9.53 Å². The number of amides is 1. The van der Waals surface area contributed by atoms with Crippen LogP contribution in [-0.4, -0.2) is 31.7 Å². The zero-order valence-corrected chi connectivity index (χ0v) is 19.3. The van der Waals surface area contributed by atoms with E-state index in [-0.39, 0.29) is 17.2 Å². The number of nitrogens with zero attached hydrogens (tertiary/aromatic N) is 1. The van der Waals surface area contributed by atoms with E-state index in [1.54, 1.807) is 37.4 Å². The molecule has 30 heavy (non-hydrogen) atoms. The van der Waals surface area contributed by atoms with Crippen LogP contribution in [0.1, 0.15) is 36.7 Å². The van der Waals surface area contributed by atoms with Gasteiger partial charge in [-0.1, -0.05) is 0 Å². The number of halogens is 1. The highest BCUT2D eigenvalue weighted by Gasteiger charge is 2.19. The van der Waals surface area contributed by atoms with Crippen LogP contribution >= 0.6 is 27.3 Å². The predicted octanol–water partition coefficient (Wildman–Crippen LogP) is 5.03. The zero-order valence-electron chi connectivity index (χ0n) is 16.9. The molecule has 0 atom stereocenters. The summed E-state index contributed by atoms with van der Waals surface area (Å²) < 4.78 is 16.7. The van der Waals surface area contributed by atoms with E-state index in [0.29, 0.717) is 33.1 Å². The first-order valence-corrected chi connectivity index (χ1v) is 10.7. The summed E-state index contributed by atoms with van der Waals surface area (Å²) >= 11 is 4.58. The molecule has 1 N–H and O–H groups in total. The van der Waals surface area contributed by atoms with Gasteiger partial charge in [-0.3, -0.25) is 4.79 Å². The van der Waals surface area contributed by atoms with E-state index < -0.39 is 11.9 Å². The van der Waals surface area contributed by atoms with Gasteiger partial charge in [0.05, 0.1) is 29.9 Å². The van der Waals surface area contributed by atoms with Gasteiger partial charge >= 0.3 is 5.97 Å². The molecule has 2 rings (SSSR count). The van der Waals surface area contributed by atoms with Crippen LogP contribution in [0.15, 0.2) is 33.6 Å². The molecule has 0 aliphatic carbocycles. The van der Waals surface area contributed by atoms with Crippen LogP contribution in [0.5, 0.6) is 11.5 Å². The van der Waals surface area contributed by atoms with Gasteiger partial charge in [-0.05, 0) is 71.9 Å². The maximum atomic E-state index is 12.6. The van der Waals surface area contributed by atoms with Gasteiger partial charge < -0.3 is 19.5 Å². The number of esters is 1. The molecule has 2 aromatic rings. The van der Waals surface area contributed by atoms with Gasteiger partial charge in [-0.25, -0.2) is 4.79 Å². The highest BCUT2D eigenvalue weighted by molar-refractivity contribution is 9.10. The third kappa shape index (κ3) is 5.84. The summed E-state index contributed by atoms with van der Waals surface area (Å²) in [4.78, 5) is 24.8. The highest BCUT2D eigenvalue weighted by Crippen LogP contribution is 2.37. The number of nitriles is 1. The minimum absolute atomic E-state index is 0.135. The lowest BCUT2D eigenvalue weighted by Gasteiger charge is -2.12. The molecule has 0 spiro atoms. The number of carbonyl (C=O) groups excluding carboxylic acids is 2. The average Bonchev–Trinajstić information content (AvgIpc) is 3.15. The maximum Gasteiger partial charge on any atom is 0.341 e. The van der Waals surface area contributed by atoms with Crippen molar-refractivity contribution in [3.05, 3.63) is 44.8 Å². The number of methoxy groups -OCH3 is 1. The molecule has 0 fully saturated rings. The van der Waals surface area contributed by atoms with Crippen LogP contribution in [0, 0.1) is 11.3 Å². The molecule has 158 valence electrons. The van der Waals surface area contributed by atoms with Gasteiger partial charge in [-0.15, -0.1) is 11.3 Å². The predicted molar refractivity (Wildman–Crippen MR) is 119 cm³/mol. The van der Waals surface area contributed by atoms with Crippen molar-refractivity contribution in [3.63, 3.8) is 0 Å².